The van der Waals surface area contributed by atoms with E-state index in [0.29, 0.717) is 6.54 Å². The van der Waals surface area contributed by atoms with E-state index >= 15 is 0 Å². The molecule has 0 saturated carbocycles. The second-order valence-electron chi connectivity index (χ2n) is 8.29. The molecule has 1 fully saturated rings. The molecule has 1 aliphatic heterocycles. The topological polar surface area (TPSA) is 60.5 Å². The van der Waals surface area contributed by atoms with Crippen molar-refractivity contribution in [2.24, 2.45) is 0 Å². The molecule has 0 spiro atoms. The van der Waals surface area contributed by atoms with E-state index in [0.717, 1.165) is 49.5 Å². The van der Waals surface area contributed by atoms with E-state index in [2.05, 4.69) is 62.8 Å². The van der Waals surface area contributed by atoms with Gasteiger partial charge in [0.25, 0.3) is 0 Å². The van der Waals surface area contributed by atoms with Gasteiger partial charge in [-0.25, -0.2) is 9.78 Å². The van der Waals surface area contributed by atoms with Crippen LogP contribution in [0, 0.1) is 0 Å². The van der Waals surface area contributed by atoms with Gasteiger partial charge in [-0.1, -0.05) is 60.7 Å². The molecule has 1 saturated heterocycles. The summed E-state index contributed by atoms with van der Waals surface area (Å²) in [6.45, 7) is 4.48. The number of carbonyl (C=O) groups excluding carboxylic acids is 1. The van der Waals surface area contributed by atoms with Crippen LogP contribution >= 0.6 is 0 Å². The average molecular weight is 430 g/mol. The number of likely N-dealkylation sites (N-methyl/N-ethyl adjacent to an activating group) is 1. The van der Waals surface area contributed by atoms with Gasteiger partial charge in [0.15, 0.2) is 0 Å². The summed E-state index contributed by atoms with van der Waals surface area (Å²) in [7, 11) is 2.14. The van der Waals surface area contributed by atoms with Gasteiger partial charge in [-0.2, -0.15) is 0 Å². The molecule has 4 rings (SSSR count). The van der Waals surface area contributed by atoms with Crippen LogP contribution in [-0.4, -0.2) is 49.1 Å². The number of benzene rings is 2. The molecule has 6 heteroatoms. The highest BCUT2D eigenvalue weighted by Gasteiger charge is 2.17. The Morgan fingerprint density at radius 1 is 0.938 bits per heavy atom. The van der Waals surface area contributed by atoms with E-state index in [1.54, 1.807) is 0 Å². The van der Waals surface area contributed by atoms with Crippen molar-refractivity contribution in [1.82, 2.24) is 20.5 Å². The fraction of sp³-hybridized carbons (Fsp3) is 0.308. The van der Waals surface area contributed by atoms with Gasteiger partial charge in [-0.15, -0.1) is 0 Å². The maximum atomic E-state index is 12.8. The van der Waals surface area contributed by atoms with E-state index in [1.807, 2.05) is 48.7 Å². The number of hydrogen-bond acceptors (Lipinski definition) is 4. The molecule has 1 atom stereocenters. The minimum absolute atomic E-state index is 0.100. The van der Waals surface area contributed by atoms with E-state index < -0.39 is 0 Å². The molecule has 2 amide bonds. The predicted molar refractivity (Wildman–Crippen MR) is 129 cm³/mol. The number of carbonyl (C=O) groups is 1. The SMILES string of the molecule is CN1CCN(c2cc(CNC(=O)NC(Cc3ccccc3)c3ccccc3)ccn2)CC1. The van der Waals surface area contributed by atoms with Gasteiger partial charge < -0.3 is 20.4 Å². The summed E-state index contributed by atoms with van der Waals surface area (Å²) in [6.07, 6.45) is 2.56. The Kier molecular flexibility index (Phi) is 7.35. The molecule has 1 aromatic heterocycles. The lowest BCUT2D eigenvalue weighted by Gasteiger charge is -2.33. The molecule has 166 valence electrons. The summed E-state index contributed by atoms with van der Waals surface area (Å²) < 4.78 is 0. The summed E-state index contributed by atoms with van der Waals surface area (Å²) >= 11 is 0. The summed E-state index contributed by atoms with van der Waals surface area (Å²) in [5.41, 5.74) is 3.32. The molecule has 2 heterocycles. The van der Waals surface area contributed by atoms with Crippen LogP contribution in [0.3, 0.4) is 0 Å². The molecule has 2 N–H and O–H groups in total. The highest BCUT2D eigenvalue weighted by molar-refractivity contribution is 5.74. The van der Waals surface area contributed by atoms with Gasteiger partial charge in [-0.05, 0) is 42.3 Å². The van der Waals surface area contributed by atoms with Gasteiger partial charge in [0.05, 0.1) is 6.04 Å². The Balaban J connectivity index is 1.37. The van der Waals surface area contributed by atoms with Crippen molar-refractivity contribution < 1.29 is 4.79 Å². The zero-order chi connectivity index (χ0) is 22.2. The Morgan fingerprint density at radius 2 is 1.62 bits per heavy atom. The van der Waals surface area contributed by atoms with Crippen LogP contribution in [0.15, 0.2) is 79.0 Å². The van der Waals surface area contributed by atoms with Gasteiger partial charge in [0.1, 0.15) is 5.82 Å². The van der Waals surface area contributed by atoms with Crippen LogP contribution < -0.4 is 15.5 Å². The number of piperazine rings is 1. The normalized spacial score (nSPS) is 15.2. The Hall–Kier alpha value is -3.38. The van der Waals surface area contributed by atoms with E-state index in [9.17, 15) is 4.79 Å². The minimum Gasteiger partial charge on any atom is -0.354 e. The molecule has 0 aliphatic carbocycles. The Bertz CT molecular complexity index is 987. The van der Waals surface area contributed by atoms with Crippen molar-refractivity contribution in [2.75, 3.05) is 38.1 Å². The van der Waals surface area contributed by atoms with E-state index in [1.165, 1.54) is 5.56 Å². The number of hydrogen-bond donors (Lipinski definition) is 2. The molecular formula is C26H31N5O. The minimum atomic E-state index is -0.173. The molecule has 1 aliphatic rings. The first-order valence-electron chi connectivity index (χ1n) is 11.2. The van der Waals surface area contributed by atoms with Crippen molar-refractivity contribution in [1.29, 1.82) is 0 Å². The van der Waals surface area contributed by atoms with Crippen LogP contribution in [0.1, 0.15) is 22.7 Å². The number of aromatic nitrogens is 1. The van der Waals surface area contributed by atoms with Crippen LogP contribution in [0.25, 0.3) is 0 Å². The first-order valence-corrected chi connectivity index (χ1v) is 11.2. The number of nitrogens with one attached hydrogen (secondary N) is 2. The highest BCUT2D eigenvalue weighted by atomic mass is 16.2. The van der Waals surface area contributed by atoms with Gasteiger partial charge in [-0.3, -0.25) is 0 Å². The van der Waals surface area contributed by atoms with E-state index in [-0.39, 0.29) is 12.1 Å². The summed E-state index contributed by atoms with van der Waals surface area (Å²) in [6, 6.07) is 24.1. The quantitative estimate of drug-likeness (QED) is 0.602. The lowest BCUT2D eigenvalue weighted by molar-refractivity contribution is 0.236. The molecule has 0 bridgehead atoms. The Morgan fingerprint density at radius 3 is 2.34 bits per heavy atom. The first kappa shape index (κ1) is 21.8. The highest BCUT2D eigenvalue weighted by Crippen LogP contribution is 2.19. The predicted octanol–water partition coefficient (Wildman–Crippen LogP) is 3.62. The van der Waals surface area contributed by atoms with Crippen LogP contribution in [0.4, 0.5) is 10.6 Å². The fourth-order valence-corrected chi connectivity index (χ4v) is 3.96. The summed E-state index contributed by atoms with van der Waals surface area (Å²) in [5.74, 6) is 0.976. The molecule has 3 aromatic rings. The van der Waals surface area contributed by atoms with Crippen LogP contribution in [0.5, 0.6) is 0 Å². The second-order valence-corrected chi connectivity index (χ2v) is 8.29. The molecule has 6 nitrogen and oxygen atoms in total. The lowest BCUT2D eigenvalue weighted by Crippen LogP contribution is -2.44. The van der Waals surface area contributed by atoms with Crippen LogP contribution in [0.2, 0.25) is 0 Å². The third kappa shape index (κ3) is 6.08. The first-order chi connectivity index (χ1) is 15.7. The number of pyridine rings is 1. The van der Waals surface area contributed by atoms with E-state index in [4.69, 9.17) is 0 Å². The maximum Gasteiger partial charge on any atom is 0.315 e. The van der Waals surface area contributed by atoms with Gasteiger partial charge >= 0.3 is 6.03 Å². The number of urea groups is 1. The number of anilines is 1. The Labute approximate surface area is 190 Å². The van der Waals surface area contributed by atoms with Crippen molar-refractivity contribution in [3.05, 3.63) is 95.7 Å². The lowest BCUT2D eigenvalue weighted by atomic mass is 9.99. The molecule has 0 radical (unpaired) electrons. The van der Waals surface area contributed by atoms with Gasteiger partial charge in [0.2, 0.25) is 0 Å². The standard InChI is InChI=1S/C26H31N5O/c1-30-14-16-31(17-15-30)25-19-22(12-13-27-25)20-28-26(32)29-24(23-10-6-3-7-11-23)18-21-8-4-2-5-9-21/h2-13,19,24H,14-18,20H2,1H3,(H2,28,29,32). The van der Waals surface area contributed by atoms with Crippen molar-refractivity contribution in [2.45, 2.75) is 19.0 Å². The largest absolute Gasteiger partial charge is 0.354 e. The summed E-state index contributed by atoms with van der Waals surface area (Å²) in [4.78, 5) is 21.9. The molecule has 1 unspecified atom stereocenters. The number of nitrogens with zero attached hydrogens (tertiary/aromatic N) is 3. The third-order valence-corrected chi connectivity index (χ3v) is 5.88. The van der Waals surface area contributed by atoms with Gasteiger partial charge in [0, 0.05) is 38.9 Å². The fourth-order valence-electron chi connectivity index (χ4n) is 3.96. The maximum absolute atomic E-state index is 12.8. The van der Waals surface area contributed by atoms with Crippen LogP contribution in [-0.2, 0) is 13.0 Å². The zero-order valence-corrected chi connectivity index (χ0v) is 18.6. The zero-order valence-electron chi connectivity index (χ0n) is 18.6. The average Bonchev–Trinajstić information content (AvgIpc) is 2.84. The smallest absolute Gasteiger partial charge is 0.315 e. The number of rotatable bonds is 7. The summed E-state index contributed by atoms with van der Waals surface area (Å²) in [5, 5.41) is 6.17. The monoisotopic (exact) mass is 429 g/mol. The third-order valence-electron chi connectivity index (χ3n) is 5.88. The molecule has 2 aromatic carbocycles. The molecule has 32 heavy (non-hydrogen) atoms. The number of amides is 2. The van der Waals surface area contributed by atoms with Crippen molar-refractivity contribution in [3.8, 4) is 0 Å². The second kappa shape index (κ2) is 10.8. The molecular weight excluding hydrogens is 398 g/mol. The van der Waals surface area contributed by atoms with Crippen molar-refractivity contribution in [3.63, 3.8) is 0 Å². The van der Waals surface area contributed by atoms with Crippen molar-refractivity contribution >= 4 is 11.8 Å².